The largest absolute Gasteiger partial charge is 0.433 e. The van der Waals surface area contributed by atoms with Crippen LogP contribution in [0.3, 0.4) is 0 Å². The fourth-order valence-corrected chi connectivity index (χ4v) is 2.72. The first-order valence-corrected chi connectivity index (χ1v) is 8.26. The van der Waals surface area contributed by atoms with E-state index in [1.807, 2.05) is 18.3 Å². The lowest BCUT2D eigenvalue weighted by Gasteiger charge is -2.12. The van der Waals surface area contributed by atoms with Gasteiger partial charge in [-0.05, 0) is 36.1 Å². The summed E-state index contributed by atoms with van der Waals surface area (Å²) in [6.45, 7) is -1.73. The Morgan fingerprint density at radius 3 is 2.69 bits per heavy atom. The van der Waals surface area contributed by atoms with E-state index in [2.05, 4.69) is 38.1 Å². The van der Waals surface area contributed by atoms with Gasteiger partial charge in [0.05, 0.1) is 5.69 Å². The van der Waals surface area contributed by atoms with Crippen molar-refractivity contribution in [1.29, 1.82) is 0 Å². The summed E-state index contributed by atoms with van der Waals surface area (Å²) in [6.07, 6.45) is 2.75. The standard InChI is InChI=1S/C19H19F2N3O2/c20-18(21)26-17-9-4-2-7-15(17)23-19(25)22-11-5-12-24-13-10-14-6-1-3-8-16(14)24/h1-4,6-10,13,18H,5,11-12H2,(H2,22,23,25). The van der Waals surface area contributed by atoms with Crippen LogP contribution < -0.4 is 15.4 Å². The number of urea groups is 1. The number of fused-ring (bicyclic) bond motifs is 1. The summed E-state index contributed by atoms with van der Waals surface area (Å²) in [6, 6.07) is 15.7. The molecule has 0 saturated carbocycles. The molecule has 2 N–H and O–H groups in total. The molecular formula is C19H19F2N3O2. The van der Waals surface area contributed by atoms with Gasteiger partial charge in [0.1, 0.15) is 5.75 Å². The number of halogens is 2. The number of benzene rings is 2. The number of carbonyl (C=O) groups excluding carboxylic acids is 1. The molecule has 0 unspecified atom stereocenters. The Balaban J connectivity index is 1.48. The van der Waals surface area contributed by atoms with E-state index in [4.69, 9.17) is 0 Å². The van der Waals surface area contributed by atoms with E-state index >= 15 is 0 Å². The first-order valence-electron chi connectivity index (χ1n) is 8.26. The summed E-state index contributed by atoms with van der Waals surface area (Å²) in [7, 11) is 0. The number of anilines is 1. The summed E-state index contributed by atoms with van der Waals surface area (Å²) >= 11 is 0. The summed E-state index contributed by atoms with van der Waals surface area (Å²) in [5, 5.41) is 6.41. The fraction of sp³-hybridized carbons (Fsp3) is 0.211. The summed E-state index contributed by atoms with van der Waals surface area (Å²) in [4.78, 5) is 12.0. The number of hydrogen-bond acceptors (Lipinski definition) is 2. The predicted molar refractivity (Wildman–Crippen MR) is 96.7 cm³/mol. The number of nitrogens with zero attached hydrogens (tertiary/aromatic N) is 1. The van der Waals surface area contributed by atoms with Crippen molar-refractivity contribution in [2.24, 2.45) is 0 Å². The Kier molecular flexibility index (Phi) is 5.68. The second-order valence-electron chi connectivity index (χ2n) is 5.68. The van der Waals surface area contributed by atoms with Gasteiger partial charge in [-0.25, -0.2) is 4.79 Å². The van der Waals surface area contributed by atoms with Crippen LogP contribution >= 0.6 is 0 Å². The lowest BCUT2D eigenvalue weighted by molar-refractivity contribution is -0.0493. The predicted octanol–water partition coefficient (Wildman–Crippen LogP) is 4.45. The van der Waals surface area contributed by atoms with Gasteiger partial charge in [0.25, 0.3) is 0 Å². The zero-order valence-corrected chi connectivity index (χ0v) is 14.0. The average Bonchev–Trinajstić information content (AvgIpc) is 3.03. The van der Waals surface area contributed by atoms with Gasteiger partial charge in [0, 0.05) is 24.8 Å². The average molecular weight is 359 g/mol. The van der Waals surface area contributed by atoms with Crippen molar-refractivity contribution in [3.8, 4) is 5.75 Å². The molecule has 0 radical (unpaired) electrons. The molecule has 0 fully saturated rings. The number of nitrogens with one attached hydrogen (secondary N) is 2. The van der Waals surface area contributed by atoms with Crippen molar-refractivity contribution in [2.45, 2.75) is 19.6 Å². The molecular weight excluding hydrogens is 340 g/mol. The summed E-state index contributed by atoms with van der Waals surface area (Å²) in [5.41, 5.74) is 1.34. The van der Waals surface area contributed by atoms with Crippen LogP contribution in [0.25, 0.3) is 10.9 Å². The van der Waals surface area contributed by atoms with Gasteiger partial charge in [0.15, 0.2) is 0 Å². The number of hydrogen-bond donors (Lipinski definition) is 2. The fourth-order valence-electron chi connectivity index (χ4n) is 2.72. The van der Waals surface area contributed by atoms with Crippen LogP contribution in [-0.4, -0.2) is 23.8 Å². The van der Waals surface area contributed by atoms with Crippen LogP contribution in [0.15, 0.2) is 60.8 Å². The maximum Gasteiger partial charge on any atom is 0.387 e. The summed E-state index contributed by atoms with van der Waals surface area (Å²) < 4.78 is 31.3. The number of alkyl halides is 2. The number of para-hydroxylation sites is 3. The Bertz CT molecular complexity index is 880. The molecule has 136 valence electrons. The molecule has 2 amide bonds. The van der Waals surface area contributed by atoms with E-state index < -0.39 is 12.6 Å². The number of ether oxygens (including phenoxy) is 1. The van der Waals surface area contributed by atoms with E-state index in [0.717, 1.165) is 18.5 Å². The van der Waals surface area contributed by atoms with Crippen molar-refractivity contribution in [3.63, 3.8) is 0 Å². The highest BCUT2D eigenvalue weighted by Crippen LogP contribution is 2.25. The van der Waals surface area contributed by atoms with Crippen molar-refractivity contribution in [3.05, 3.63) is 60.8 Å². The Labute approximate surface area is 149 Å². The van der Waals surface area contributed by atoms with E-state index in [-0.39, 0.29) is 11.4 Å². The molecule has 3 aromatic rings. The maximum absolute atomic E-state index is 12.4. The van der Waals surface area contributed by atoms with Crippen LogP contribution in [0.5, 0.6) is 5.75 Å². The topological polar surface area (TPSA) is 55.3 Å². The minimum absolute atomic E-state index is 0.0727. The number of aromatic nitrogens is 1. The van der Waals surface area contributed by atoms with Gasteiger partial charge >= 0.3 is 12.6 Å². The molecule has 0 aliphatic carbocycles. The number of carbonyl (C=O) groups is 1. The van der Waals surface area contributed by atoms with Gasteiger partial charge in [0.2, 0.25) is 0 Å². The van der Waals surface area contributed by atoms with E-state index in [0.29, 0.717) is 6.54 Å². The Morgan fingerprint density at radius 1 is 1.08 bits per heavy atom. The highest BCUT2D eigenvalue weighted by Gasteiger charge is 2.11. The quantitative estimate of drug-likeness (QED) is 0.612. The third kappa shape index (κ3) is 4.50. The van der Waals surface area contributed by atoms with E-state index in [1.165, 1.54) is 17.5 Å². The molecule has 1 heterocycles. The molecule has 26 heavy (non-hydrogen) atoms. The smallest absolute Gasteiger partial charge is 0.387 e. The Hall–Kier alpha value is -3.09. The molecule has 3 rings (SSSR count). The Morgan fingerprint density at radius 2 is 1.85 bits per heavy atom. The molecule has 0 aliphatic rings. The lowest BCUT2D eigenvalue weighted by atomic mass is 10.2. The van der Waals surface area contributed by atoms with Crippen molar-refractivity contribution in [2.75, 3.05) is 11.9 Å². The van der Waals surface area contributed by atoms with Gasteiger partial charge in [-0.2, -0.15) is 8.78 Å². The lowest BCUT2D eigenvalue weighted by Crippen LogP contribution is -2.30. The monoisotopic (exact) mass is 359 g/mol. The molecule has 0 spiro atoms. The molecule has 5 nitrogen and oxygen atoms in total. The maximum atomic E-state index is 12.4. The van der Waals surface area contributed by atoms with Crippen molar-refractivity contribution in [1.82, 2.24) is 9.88 Å². The number of rotatable bonds is 7. The number of amides is 2. The SMILES string of the molecule is O=C(NCCCn1ccc2ccccc21)Nc1ccccc1OC(F)F. The second-order valence-corrected chi connectivity index (χ2v) is 5.68. The van der Waals surface area contributed by atoms with Crippen LogP contribution in [0.2, 0.25) is 0 Å². The van der Waals surface area contributed by atoms with Gasteiger partial charge < -0.3 is 19.9 Å². The van der Waals surface area contributed by atoms with Gasteiger partial charge in [-0.1, -0.05) is 30.3 Å². The molecule has 0 aliphatic heterocycles. The second kappa shape index (κ2) is 8.33. The van der Waals surface area contributed by atoms with Gasteiger partial charge in [-0.3, -0.25) is 0 Å². The normalized spacial score (nSPS) is 10.9. The minimum Gasteiger partial charge on any atom is -0.433 e. The van der Waals surface area contributed by atoms with E-state index in [9.17, 15) is 13.6 Å². The van der Waals surface area contributed by atoms with Gasteiger partial charge in [-0.15, -0.1) is 0 Å². The molecule has 1 aromatic heterocycles. The molecule has 0 bridgehead atoms. The summed E-state index contributed by atoms with van der Waals surface area (Å²) in [5.74, 6) is -0.0727. The molecule has 2 aromatic carbocycles. The highest BCUT2D eigenvalue weighted by atomic mass is 19.3. The van der Waals surface area contributed by atoms with Crippen LogP contribution in [0.1, 0.15) is 6.42 Å². The third-order valence-corrected chi connectivity index (χ3v) is 3.89. The van der Waals surface area contributed by atoms with E-state index in [1.54, 1.807) is 12.1 Å². The van der Waals surface area contributed by atoms with Crippen LogP contribution in [0, 0.1) is 0 Å². The molecule has 0 saturated heterocycles. The first-order chi connectivity index (χ1) is 12.6. The van der Waals surface area contributed by atoms with Crippen LogP contribution in [0.4, 0.5) is 19.3 Å². The molecule has 0 atom stereocenters. The highest BCUT2D eigenvalue weighted by molar-refractivity contribution is 5.90. The number of aryl methyl sites for hydroxylation is 1. The van der Waals surface area contributed by atoms with Crippen molar-refractivity contribution < 1.29 is 18.3 Å². The third-order valence-electron chi connectivity index (χ3n) is 3.89. The van der Waals surface area contributed by atoms with Crippen LogP contribution in [-0.2, 0) is 6.54 Å². The zero-order valence-electron chi connectivity index (χ0n) is 14.0. The first kappa shape index (κ1) is 17.7. The molecule has 7 heteroatoms. The van der Waals surface area contributed by atoms with Crippen molar-refractivity contribution >= 4 is 22.6 Å². The minimum atomic E-state index is -2.95. The zero-order chi connectivity index (χ0) is 18.4.